The van der Waals surface area contributed by atoms with Crippen LogP contribution in [-0.4, -0.2) is 86.3 Å². The molecule has 6 N–H and O–H groups in total. The van der Waals surface area contributed by atoms with E-state index >= 15 is 0 Å². The lowest BCUT2D eigenvalue weighted by Crippen LogP contribution is -2.70. The minimum atomic E-state index is -1.52. The van der Waals surface area contributed by atoms with Gasteiger partial charge in [-0.15, -0.1) is 0 Å². The van der Waals surface area contributed by atoms with Crippen molar-refractivity contribution >= 4 is 0 Å². The molecule has 1 saturated heterocycles. The number of rotatable bonds is 6. The molecule has 8 heteroatoms. The molecule has 0 aromatic heterocycles. The monoisotopic (exact) mass is 620 g/mol. The van der Waals surface area contributed by atoms with Gasteiger partial charge in [-0.05, 0) is 111 Å². The number of allylic oxidation sites excluding steroid dienone is 4. The van der Waals surface area contributed by atoms with Crippen molar-refractivity contribution in [1.82, 2.24) is 0 Å². The molecule has 5 fully saturated rings. The topological polar surface area (TPSA) is 140 Å². The first kappa shape index (κ1) is 34.5. The average molecular weight is 621 g/mol. The smallest absolute Gasteiger partial charge is 0.186 e. The Labute approximate surface area is 264 Å². The number of ether oxygens (including phenoxy) is 2. The number of aliphatic hydroxyl groups is 6. The van der Waals surface area contributed by atoms with Crippen molar-refractivity contribution in [3.05, 3.63) is 23.3 Å². The first-order valence-electron chi connectivity index (χ1n) is 17.1. The Bertz CT molecular complexity index is 1110. The number of hydrogen-bond acceptors (Lipinski definition) is 8. The van der Waals surface area contributed by atoms with E-state index in [0.29, 0.717) is 25.2 Å². The minimum absolute atomic E-state index is 0.112. The quantitative estimate of drug-likeness (QED) is 0.193. The molecule has 0 aromatic rings. The Balaban J connectivity index is 1.55. The van der Waals surface area contributed by atoms with Crippen LogP contribution in [0.4, 0.5) is 0 Å². The fourth-order valence-electron chi connectivity index (χ4n) is 11.5. The molecule has 15 atom stereocenters. The second-order valence-corrected chi connectivity index (χ2v) is 16.8. The molecule has 5 rings (SSSR count). The van der Waals surface area contributed by atoms with Gasteiger partial charge in [0.2, 0.25) is 0 Å². The number of hydrogen-bond donors (Lipinski definition) is 6. The van der Waals surface area contributed by atoms with E-state index in [-0.39, 0.29) is 34.0 Å². The maximum absolute atomic E-state index is 12.0. The predicted octanol–water partition coefficient (Wildman–Crippen LogP) is 4.10. The molecule has 44 heavy (non-hydrogen) atoms. The van der Waals surface area contributed by atoms with Crippen molar-refractivity contribution in [3.63, 3.8) is 0 Å². The lowest BCUT2D eigenvalue weighted by atomic mass is 9.34. The summed E-state index contributed by atoms with van der Waals surface area (Å²) in [6, 6.07) is 0. The summed E-state index contributed by atoms with van der Waals surface area (Å²) < 4.78 is 12.6. The van der Waals surface area contributed by atoms with E-state index in [1.54, 1.807) is 0 Å². The summed E-state index contributed by atoms with van der Waals surface area (Å²) in [5.41, 5.74) is 1.49. The van der Waals surface area contributed by atoms with Crippen LogP contribution in [0.2, 0.25) is 0 Å². The van der Waals surface area contributed by atoms with E-state index in [0.717, 1.165) is 25.7 Å². The van der Waals surface area contributed by atoms with Crippen LogP contribution in [-0.2, 0) is 9.47 Å². The third-order valence-corrected chi connectivity index (χ3v) is 13.9. The van der Waals surface area contributed by atoms with Crippen LogP contribution < -0.4 is 0 Å². The summed E-state index contributed by atoms with van der Waals surface area (Å²) in [6.45, 7) is 17.2. The van der Waals surface area contributed by atoms with Crippen LogP contribution >= 0.6 is 0 Å². The fourth-order valence-corrected chi connectivity index (χ4v) is 11.5. The molecule has 0 radical (unpaired) electrons. The van der Waals surface area contributed by atoms with Gasteiger partial charge < -0.3 is 40.1 Å². The third kappa shape index (κ3) is 5.18. The van der Waals surface area contributed by atoms with Crippen LogP contribution in [0.1, 0.15) is 100 Å². The molecule has 0 spiro atoms. The van der Waals surface area contributed by atoms with Gasteiger partial charge in [0.25, 0.3) is 0 Å². The van der Waals surface area contributed by atoms with Gasteiger partial charge in [-0.2, -0.15) is 0 Å². The first-order chi connectivity index (χ1) is 20.4. The molecule has 1 aliphatic heterocycles. The highest BCUT2D eigenvalue weighted by Gasteiger charge is 2.72. The van der Waals surface area contributed by atoms with Gasteiger partial charge in [0.15, 0.2) is 6.29 Å². The average Bonchev–Trinajstić information content (AvgIpc) is 3.32. The Hall–Kier alpha value is -0.840. The molecule has 0 bridgehead atoms. The summed E-state index contributed by atoms with van der Waals surface area (Å²) in [6.07, 6.45) is 2.23. The van der Waals surface area contributed by atoms with Crippen LogP contribution in [0.15, 0.2) is 23.3 Å². The molecular formula is C36H60O8. The van der Waals surface area contributed by atoms with Crippen molar-refractivity contribution in [2.24, 2.45) is 45.3 Å². The van der Waals surface area contributed by atoms with Crippen LogP contribution in [0.5, 0.6) is 0 Å². The standard InChI is InChI=1S/C36H60O8/c1-19(2)10-9-11-20(3)21-12-15-35(7)27(21)22(38)16-25-34(6)14-13-26(39)33(4,5)31(34)23(17-36(25,35)8)43-32-30(42)29(41)28(40)24(18-37)44-32/h10-11,21-32,37-42H,9,12-18H2,1-8H3/b20-11+/t21-,22-,23+,24-,25-,26+,27+,28-,29+,30-,31-,32-,34-,35-,36-/m1/s1. The second-order valence-electron chi connectivity index (χ2n) is 16.8. The van der Waals surface area contributed by atoms with Gasteiger partial charge >= 0.3 is 0 Å². The Morgan fingerprint density at radius 3 is 2.18 bits per heavy atom. The summed E-state index contributed by atoms with van der Waals surface area (Å²) in [4.78, 5) is 0. The summed E-state index contributed by atoms with van der Waals surface area (Å²) in [5.74, 6) is 0.506. The highest BCUT2D eigenvalue weighted by molar-refractivity contribution is 5.24. The molecule has 4 saturated carbocycles. The molecule has 5 aliphatic rings. The van der Waals surface area contributed by atoms with Gasteiger partial charge in [0.05, 0.1) is 24.9 Å². The lowest BCUT2D eigenvalue weighted by Gasteiger charge is -2.72. The van der Waals surface area contributed by atoms with Crippen LogP contribution in [0.3, 0.4) is 0 Å². The summed E-state index contributed by atoms with van der Waals surface area (Å²) in [5, 5.41) is 65.2. The maximum atomic E-state index is 12.0. The third-order valence-electron chi connectivity index (χ3n) is 13.9. The van der Waals surface area contributed by atoms with Gasteiger partial charge in [-0.3, -0.25) is 0 Å². The Morgan fingerprint density at radius 1 is 0.864 bits per heavy atom. The van der Waals surface area contributed by atoms with Crippen molar-refractivity contribution < 1.29 is 40.1 Å². The minimum Gasteiger partial charge on any atom is -0.394 e. The van der Waals surface area contributed by atoms with E-state index in [1.807, 2.05) is 0 Å². The zero-order valence-electron chi connectivity index (χ0n) is 28.2. The van der Waals surface area contributed by atoms with Crippen molar-refractivity contribution in [1.29, 1.82) is 0 Å². The molecule has 4 aliphatic carbocycles. The molecule has 0 unspecified atom stereocenters. The maximum Gasteiger partial charge on any atom is 0.186 e. The lowest BCUT2D eigenvalue weighted by molar-refractivity contribution is -0.346. The van der Waals surface area contributed by atoms with Gasteiger partial charge in [0, 0.05) is 0 Å². The zero-order chi connectivity index (χ0) is 32.6. The Kier molecular flexibility index (Phi) is 9.40. The molecule has 0 amide bonds. The van der Waals surface area contributed by atoms with Gasteiger partial charge in [-0.1, -0.05) is 57.9 Å². The van der Waals surface area contributed by atoms with Crippen LogP contribution in [0.25, 0.3) is 0 Å². The molecule has 252 valence electrons. The van der Waals surface area contributed by atoms with E-state index in [9.17, 15) is 30.6 Å². The van der Waals surface area contributed by atoms with Gasteiger partial charge in [0.1, 0.15) is 24.4 Å². The summed E-state index contributed by atoms with van der Waals surface area (Å²) >= 11 is 0. The number of fused-ring (bicyclic) bond motifs is 5. The fraction of sp³-hybridized carbons (Fsp3) is 0.889. The van der Waals surface area contributed by atoms with Gasteiger partial charge in [-0.25, -0.2) is 0 Å². The molecule has 8 nitrogen and oxygen atoms in total. The van der Waals surface area contributed by atoms with Crippen molar-refractivity contribution in [3.8, 4) is 0 Å². The first-order valence-corrected chi connectivity index (χ1v) is 17.1. The zero-order valence-corrected chi connectivity index (χ0v) is 28.2. The molecular weight excluding hydrogens is 560 g/mol. The normalized spacial score (nSPS) is 52.1. The highest BCUT2D eigenvalue weighted by atomic mass is 16.7. The molecule has 0 aromatic carbocycles. The number of aliphatic hydroxyl groups excluding tert-OH is 6. The predicted molar refractivity (Wildman–Crippen MR) is 168 cm³/mol. The highest BCUT2D eigenvalue weighted by Crippen LogP contribution is 2.76. The summed E-state index contributed by atoms with van der Waals surface area (Å²) in [7, 11) is 0. The van der Waals surface area contributed by atoms with E-state index < -0.39 is 61.0 Å². The van der Waals surface area contributed by atoms with Crippen molar-refractivity contribution in [2.45, 2.75) is 149 Å². The second kappa shape index (κ2) is 12.0. The Morgan fingerprint density at radius 2 is 1.55 bits per heavy atom. The van der Waals surface area contributed by atoms with Crippen molar-refractivity contribution in [2.75, 3.05) is 6.61 Å². The van der Waals surface area contributed by atoms with Crippen LogP contribution in [0, 0.1) is 45.3 Å². The van der Waals surface area contributed by atoms with E-state index in [1.165, 1.54) is 11.1 Å². The largest absolute Gasteiger partial charge is 0.394 e. The van der Waals surface area contributed by atoms with E-state index in [4.69, 9.17) is 9.47 Å². The SMILES string of the molecule is CC(C)=CC/C=C(\C)[C@H]1CC[C@]2(C)[C@@H]1[C@H](O)C[C@@H]1[C@@]3(C)CC[C@H](O)C(C)(C)[C@H]3[C@@H](O[C@@H]3O[C@H](CO)[C@@H](O)[C@H](O)[C@H]3O)C[C@]12C. The van der Waals surface area contributed by atoms with E-state index in [2.05, 4.69) is 67.5 Å². The molecule has 1 heterocycles.